The van der Waals surface area contributed by atoms with Crippen LogP contribution in [0.15, 0.2) is 73.4 Å². The van der Waals surface area contributed by atoms with Crippen molar-refractivity contribution in [3.05, 3.63) is 90.3 Å². The number of rotatable bonds is 9. The van der Waals surface area contributed by atoms with Crippen LogP contribution in [0.1, 0.15) is 77.3 Å². The van der Waals surface area contributed by atoms with Crippen LogP contribution in [0.4, 0.5) is 0 Å². The van der Waals surface area contributed by atoms with Gasteiger partial charge in [-0.25, -0.2) is 5.43 Å². The first kappa shape index (κ1) is 46.6. The van der Waals surface area contributed by atoms with Gasteiger partial charge in [-0.15, -0.1) is 0 Å². The van der Waals surface area contributed by atoms with Gasteiger partial charge in [-0.1, -0.05) is 64.6 Å². The van der Waals surface area contributed by atoms with E-state index in [9.17, 15) is 24.0 Å². The van der Waals surface area contributed by atoms with Crippen molar-refractivity contribution in [2.45, 2.75) is 104 Å². The molecule has 66 heavy (non-hydrogen) atoms. The summed E-state index contributed by atoms with van der Waals surface area (Å²) in [5.41, 5.74) is 9.53. The maximum absolute atomic E-state index is 14.8. The molecule has 2 aromatic heterocycles. The van der Waals surface area contributed by atoms with Gasteiger partial charge < -0.3 is 29.2 Å². The normalized spacial score (nSPS) is 22.0. The van der Waals surface area contributed by atoms with Gasteiger partial charge in [0.05, 0.1) is 43.9 Å². The molecule has 350 valence electrons. The molecule has 4 aliphatic rings. The number of benzene rings is 2. The second-order valence-electron chi connectivity index (χ2n) is 19.6. The molecular weight excluding hydrogens is 837 g/mol. The Hall–Kier alpha value is -5.90. The first-order chi connectivity index (χ1) is 31.5. The Bertz CT molecular complexity index is 2560. The molecule has 4 atom stereocenters. The molecule has 0 radical (unpaired) electrons. The van der Waals surface area contributed by atoms with Crippen LogP contribution < -0.4 is 10.7 Å². The quantitative estimate of drug-likeness (QED) is 0.168. The lowest BCUT2D eigenvalue weighted by Gasteiger charge is -2.49. The highest BCUT2D eigenvalue weighted by molar-refractivity contribution is 5.99. The van der Waals surface area contributed by atoms with Crippen molar-refractivity contribution < 1.29 is 33.4 Å². The van der Waals surface area contributed by atoms with Gasteiger partial charge in [0, 0.05) is 54.7 Å². The number of aromatic nitrogens is 2. The van der Waals surface area contributed by atoms with Crippen LogP contribution in [-0.2, 0) is 52.8 Å². The van der Waals surface area contributed by atoms with E-state index in [-0.39, 0.29) is 56.6 Å². The monoisotopic (exact) mass is 900 g/mol. The lowest BCUT2D eigenvalue weighted by molar-refractivity contribution is -0.155. The van der Waals surface area contributed by atoms with E-state index in [2.05, 4.69) is 79.1 Å². The second kappa shape index (κ2) is 18.4. The summed E-state index contributed by atoms with van der Waals surface area (Å²) in [6, 6.07) is 15.9. The first-order valence-corrected chi connectivity index (χ1v) is 23.2. The Kier molecular flexibility index (Phi) is 13.0. The molecule has 4 aliphatic heterocycles. The summed E-state index contributed by atoms with van der Waals surface area (Å²) in [4.78, 5) is 79.8. The molecule has 6 heterocycles. The number of hydrogen-bond acceptors (Lipinski definition) is 10. The number of amides is 4. The van der Waals surface area contributed by atoms with E-state index in [4.69, 9.17) is 14.5 Å². The summed E-state index contributed by atoms with van der Waals surface area (Å²) in [6.07, 6.45) is 4.53. The Morgan fingerprint density at radius 1 is 1.06 bits per heavy atom. The summed E-state index contributed by atoms with van der Waals surface area (Å²) in [5.74, 6) is -2.10. The summed E-state index contributed by atoms with van der Waals surface area (Å²) in [5, 5.41) is 5.61. The number of hydrogen-bond donors (Lipinski definition) is 2. The summed E-state index contributed by atoms with van der Waals surface area (Å²) in [7, 11) is 3.51. The molecule has 4 amide bonds. The summed E-state index contributed by atoms with van der Waals surface area (Å²) >= 11 is 0. The number of likely N-dealkylation sites (N-methyl/N-ethyl adjacent to an activating group) is 1. The van der Waals surface area contributed by atoms with Gasteiger partial charge in [-0.3, -0.25) is 38.9 Å². The van der Waals surface area contributed by atoms with E-state index in [0.717, 1.165) is 50.1 Å². The number of fused-ring (bicyclic) bond motifs is 6. The van der Waals surface area contributed by atoms with Crippen LogP contribution in [0, 0.1) is 11.3 Å². The molecule has 2 aromatic carbocycles. The van der Waals surface area contributed by atoms with Gasteiger partial charge in [-0.2, -0.15) is 0 Å². The molecule has 6 bridgehead atoms. The van der Waals surface area contributed by atoms with Crippen molar-refractivity contribution in [1.29, 1.82) is 0 Å². The third-order valence-electron chi connectivity index (χ3n) is 14.0. The summed E-state index contributed by atoms with van der Waals surface area (Å²) < 4.78 is 14.3. The maximum Gasteiger partial charge on any atom is 0.324 e. The van der Waals surface area contributed by atoms with Crippen molar-refractivity contribution >= 4 is 40.5 Å². The molecule has 0 unspecified atom stereocenters. The van der Waals surface area contributed by atoms with Crippen LogP contribution in [0.5, 0.6) is 0 Å². The van der Waals surface area contributed by atoms with Gasteiger partial charge in [0.1, 0.15) is 23.7 Å². The van der Waals surface area contributed by atoms with E-state index in [0.29, 0.717) is 32.4 Å². The van der Waals surface area contributed by atoms with Gasteiger partial charge >= 0.3 is 5.97 Å². The fourth-order valence-electron chi connectivity index (χ4n) is 10.4. The molecule has 8 rings (SSSR count). The van der Waals surface area contributed by atoms with E-state index in [1.165, 1.54) is 11.1 Å². The topological polar surface area (TPSA) is 159 Å². The van der Waals surface area contributed by atoms with E-state index in [1.54, 1.807) is 23.1 Å². The van der Waals surface area contributed by atoms with Gasteiger partial charge in [0.15, 0.2) is 0 Å². The van der Waals surface area contributed by atoms with E-state index >= 15 is 0 Å². The number of hydrazine groups is 1. The zero-order valence-corrected chi connectivity index (χ0v) is 39.6. The average molecular weight is 901 g/mol. The van der Waals surface area contributed by atoms with Crippen LogP contribution in [-0.4, -0.2) is 130 Å². The van der Waals surface area contributed by atoms with Crippen molar-refractivity contribution in [1.82, 2.24) is 40.0 Å². The largest absolute Gasteiger partial charge is 0.464 e. The Labute approximate surface area is 387 Å². The van der Waals surface area contributed by atoms with Crippen molar-refractivity contribution in [2.24, 2.45) is 11.3 Å². The molecular formula is C51H64N8O7. The first-order valence-electron chi connectivity index (χ1n) is 23.2. The SMILES string of the molecule is C=CC(=O)N1CC2(C1)C(=O)N([C@H](C(=O)N[C@H]1Cc3cccc(c3)-c3ccc4c(c3)c(c(-c3cccnc3[C@H](C)OC)n4CC)CC(C)(C)COC(=O)[C@@H]3CCCN(N3)C1=O)C(C)C)CN2C. The highest BCUT2D eigenvalue weighted by atomic mass is 16.5. The highest BCUT2D eigenvalue weighted by Gasteiger charge is 2.61. The molecule has 3 saturated heterocycles. The number of carbonyl (C=O) groups excluding carboxylic acids is 5. The van der Waals surface area contributed by atoms with Gasteiger partial charge in [-0.05, 0) is 98.7 Å². The Balaban J connectivity index is 1.19. The number of carbonyl (C=O) groups is 5. The number of ether oxygens (including phenoxy) is 2. The highest BCUT2D eigenvalue weighted by Crippen LogP contribution is 2.42. The minimum Gasteiger partial charge on any atom is -0.464 e. The predicted molar refractivity (Wildman–Crippen MR) is 251 cm³/mol. The number of esters is 1. The molecule has 0 aliphatic carbocycles. The number of likely N-dealkylation sites (tertiary alicyclic amines) is 1. The molecule has 2 N–H and O–H groups in total. The predicted octanol–water partition coefficient (Wildman–Crippen LogP) is 5.27. The smallest absolute Gasteiger partial charge is 0.324 e. The fraction of sp³-hybridized carbons (Fsp3) is 0.490. The van der Waals surface area contributed by atoms with Crippen LogP contribution in [0.3, 0.4) is 0 Å². The van der Waals surface area contributed by atoms with E-state index in [1.807, 2.05) is 50.9 Å². The second-order valence-corrected chi connectivity index (χ2v) is 19.6. The molecule has 1 spiro atoms. The van der Waals surface area contributed by atoms with Crippen LogP contribution in [0.2, 0.25) is 0 Å². The average Bonchev–Trinajstić information content (AvgIpc) is 3.74. The molecule has 15 heteroatoms. The number of nitrogens with one attached hydrogen (secondary N) is 2. The zero-order chi connectivity index (χ0) is 47.2. The van der Waals surface area contributed by atoms with Crippen molar-refractivity contribution in [2.75, 3.05) is 47.1 Å². The number of methoxy groups -OCH3 is 1. The molecule has 0 saturated carbocycles. The standard InChI is InChI=1S/C51H64N8O7/c1-10-42(60)56-27-51(28-56)49(64)58(30-55(51)8)44(31(3)4)46(61)53-40-24-33-15-12-16-34(23-33)35-19-20-41-37(25-35)38(45(57(41)11-2)36-17-13-21-52-43(36)32(5)65-9)26-50(6,7)29-66-48(63)39-18-14-22-59(54-39)47(40)62/h10,12-13,15-17,19-21,23,25,31-32,39-40,44,54H,1,11,14,18,22,24,26-30H2,2-9H3,(H,53,61)/t32-,39-,40-,44-/m0/s1. The number of pyridine rings is 1. The Morgan fingerprint density at radius 2 is 1.82 bits per heavy atom. The number of nitrogens with zero attached hydrogens (tertiary/aromatic N) is 6. The minimum atomic E-state index is -1.05. The summed E-state index contributed by atoms with van der Waals surface area (Å²) in [6.45, 7) is 17.4. The third kappa shape index (κ3) is 8.52. The minimum absolute atomic E-state index is 0.135. The molecule has 15 nitrogen and oxygen atoms in total. The van der Waals surface area contributed by atoms with Crippen molar-refractivity contribution in [3.63, 3.8) is 0 Å². The van der Waals surface area contributed by atoms with Gasteiger partial charge in [0.25, 0.3) is 5.91 Å². The maximum atomic E-state index is 14.8. The van der Waals surface area contributed by atoms with E-state index < -0.39 is 46.9 Å². The fourth-order valence-corrected chi connectivity index (χ4v) is 10.4. The number of cyclic esters (lactones) is 1. The zero-order valence-electron chi connectivity index (χ0n) is 39.6. The van der Waals surface area contributed by atoms with Crippen LogP contribution >= 0.6 is 0 Å². The third-order valence-corrected chi connectivity index (χ3v) is 14.0. The van der Waals surface area contributed by atoms with Crippen molar-refractivity contribution in [3.8, 4) is 22.4 Å². The number of aryl methyl sites for hydroxylation is 1. The lowest BCUT2D eigenvalue weighted by atomic mass is 9.84. The molecule has 4 aromatic rings. The lowest BCUT2D eigenvalue weighted by Crippen LogP contribution is -2.72. The Morgan fingerprint density at radius 3 is 2.53 bits per heavy atom. The van der Waals surface area contributed by atoms with Crippen LogP contribution in [0.25, 0.3) is 33.3 Å². The van der Waals surface area contributed by atoms with Gasteiger partial charge in [0.2, 0.25) is 17.7 Å². The molecule has 3 fully saturated rings.